The number of hydrogen-bond donors (Lipinski definition) is 2. The van der Waals surface area contributed by atoms with Crippen LogP contribution < -0.4 is 10.1 Å². The number of halogens is 1. The number of aromatic amines is 1. The number of nitrogens with one attached hydrogen (secondary N) is 2. The maximum Gasteiger partial charge on any atom is 0.166 e. The molecule has 1 unspecified atom stereocenters. The first kappa shape index (κ1) is 17.4. The Bertz CT molecular complexity index is 587. The van der Waals surface area contributed by atoms with Crippen molar-refractivity contribution >= 4 is 35.2 Å². The number of morpholine rings is 1. The lowest BCUT2D eigenvalue weighted by Gasteiger charge is -2.23. The lowest BCUT2D eigenvalue weighted by Crippen LogP contribution is -2.38. The van der Waals surface area contributed by atoms with E-state index in [1.165, 1.54) is 0 Å². The Morgan fingerprint density at radius 2 is 2.36 bits per heavy atom. The summed E-state index contributed by atoms with van der Waals surface area (Å²) in [6.07, 6.45) is 1.37. The minimum atomic E-state index is 0. The quantitative estimate of drug-likeness (QED) is 0.790. The molecule has 0 aliphatic carbocycles. The lowest BCUT2D eigenvalue weighted by molar-refractivity contribution is 0.0274. The molecule has 1 aromatic heterocycles. The average molecular weight is 344 g/mol. The summed E-state index contributed by atoms with van der Waals surface area (Å²) in [7, 11) is 0. The number of imidazole rings is 1. The third-order valence-electron chi connectivity index (χ3n) is 3.43. The highest BCUT2D eigenvalue weighted by Gasteiger charge is 2.13. The van der Waals surface area contributed by atoms with Crippen LogP contribution in [0.2, 0.25) is 0 Å². The van der Waals surface area contributed by atoms with Crippen LogP contribution in [0.15, 0.2) is 23.4 Å². The van der Waals surface area contributed by atoms with Crippen LogP contribution in [-0.4, -0.2) is 48.1 Å². The van der Waals surface area contributed by atoms with Gasteiger partial charge < -0.3 is 19.8 Å². The third-order valence-corrected chi connectivity index (χ3v) is 4.33. The fourth-order valence-corrected chi connectivity index (χ4v) is 3.30. The maximum atomic E-state index is 5.69. The van der Waals surface area contributed by atoms with Gasteiger partial charge in [-0.1, -0.05) is 11.8 Å². The van der Waals surface area contributed by atoms with Gasteiger partial charge in [0.25, 0.3) is 0 Å². The summed E-state index contributed by atoms with van der Waals surface area (Å²) in [5.41, 5.74) is 2.01. The van der Waals surface area contributed by atoms with E-state index in [1.54, 1.807) is 11.8 Å². The summed E-state index contributed by atoms with van der Waals surface area (Å²) in [5, 5.41) is 4.31. The molecule has 7 heteroatoms. The summed E-state index contributed by atoms with van der Waals surface area (Å²) in [5.74, 6) is 1.89. The van der Waals surface area contributed by atoms with Crippen molar-refractivity contribution in [2.75, 3.05) is 32.1 Å². The van der Waals surface area contributed by atoms with Crippen LogP contribution in [0.25, 0.3) is 11.0 Å². The van der Waals surface area contributed by atoms with Crippen LogP contribution in [0, 0.1) is 0 Å². The minimum Gasteiger partial charge on any atom is -0.494 e. The largest absolute Gasteiger partial charge is 0.494 e. The van der Waals surface area contributed by atoms with Gasteiger partial charge in [-0.05, 0) is 25.5 Å². The summed E-state index contributed by atoms with van der Waals surface area (Å²) >= 11 is 1.74. The highest BCUT2D eigenvalue weighted by Crippen LogP contribution is 2.24. The Morgan fingerprint density at radius 1 is 1.45 bits per heavy atom. The van der Waals surface area contributed by atoms with Crippen LogP contribution in [0.4, 0.5) is 0 Å². The molecule has 0 amide bonds. The molecule has 1 saturated heterocycles. The maximum absolute atomic E-state index is 5.69. The first-order valence-corrected chi connectivity index (χ1v) is 8.41. The molecule has 1 atom stereocenters. The monoisotopic (exact) mass is 343 g/mol. The normalized spacial score (nSPS) is 18.1. The van der Waals surface area contributed by atoms with E-state index >= 15 is 0 Å². The molecule has 1 aromatic carbocycles. The molecule has 0 radical (unpaired) electrons. The van der Waals surface area contributed by atoms with Crippen molar-refractivity contribution in [3.05, 3.63) is 18.2 Å². The van der Waals surface area contributed by atoms with Crippen molar-refractivity contribution in [2.24, 2.45) is 0 Å². The number of thioether (sulfide) groups is 1. The number of aromatic nitrogens is 2. The van der Waals surface area contributed by atoms with Gasteiger partial charge >= 0.3 is 0 Å². The van der Waals surface area contributed by atoms with Crippen molar-refractivity contribution in [3.8, 4) is 5.75 Å². The molecule has 1 aliphatic rings. The van der Waals surface area contributed by atoms with Crippen LogP contribution in [-0.2, 0) is 4.74 Å². The van der Waals surface area contributed by atoms with Gasteiger partial charge in [0.15, 0.2) is 5.16 Å². The summed E-state index contributed by atoms with van der Waals surface area (Å²) in [4.78, 5) is 7.94. The second kappa shape index (κ2) is 8.62. The molecule has 22 heavy (non-hydrogen) atoms. The van der Waals surface area contributed by atoms with Gasteiger partial charge in [0.05, 0.1) is 30.4 Å². The summed E-state index contributed by atoms with van der Waals surface area (Å²) < 4.78 is 11.2. The number of H-pyrrole nitrogens is 1. The van der Waals surface area contributed by atoms with Crippen molar-refractivity contribution < 1.29 is 9.47 Å². The van der Waals surface area contributed by atoms with Gasteiger partial charge in [0.2, 0.25) is 0 Å². The van der Waals surface area contributed by atoms with Gasteiger partial charge in [-0.2, -0.15) is 0 Å². The van der Waals surface area contributed by atoms with Gasteiger partial charge in [-0.25, -0.2) is 4.98 Å². The van der Waals surface area contributed by atoms with E-state index in [1.807, 2.05) is 25.1 Å². The zero-order valence-corrected chi connectivity index (χ0v) is 14.3. The first-order valence-electron chi connectivity index (χ1n) is 7.43. The molecular formula is C15H22ClN3O2S. The van der Waals surface area contributed by atoms with E-state index in [4.69, 9.17) is 9.47 Å². The van der Waals surface area contributed by atoms with E-state index in [2.05, 4.69) is 15.3 Å². The molecule has 0 spiro atoms. The summed E-state index contributed by atoms with van der Waals surface area (Å²) in [6.45, 7) is 5.41. The molecule has 3 rings (SSSR count). The molecule has 2 heterocycles. The highest BCUT2D eigenvalue weighted by atomic mass is 35.5. The first-order chi connectivity index (χ1) is 10.3. The summed E-state index contributed by atoms with van der Waals surface area (Å²) in [6, 6.07) is 5.96. The van der Waals surface area contributed by atoms with E-state index in [9.17, 15) is 0 Å². The highest BCUT2D eigenvalue weighted by molar-refractivity contribution is 7.99. The number of benzene rings is 1. The van der Waals surface area contributed by atoms with E-state index in [0.29, 0.717) is 12.7 Å². The molecule has 2 aromatic rings. The van der Waals surface area contributed by atoms with Crippen LogP contribution in [0.3, 0.4) is 0 Å². The second-order valence-corrected chi connectivity index (χ2v) is 6.07. The smallest absolute Gasteiger partial charge is 0.166 e. The fourth-order valence-electron chi connectivity index (χ4n) is 2.38. The van der Waals surface area contributed by atoms with Gasteiger partial charge in [-0.3, -0.25) is 0 Å². The van der Waals surface area contributed by atoms with Crippen molar-refractivity contribution in [3.63, 3.8) is 0 Å². The van der Waals surface area contributed by atoms with Gasteiger partial charge in [-0.15, -0.1) is 12.4 Å². The molecule has 5 nitrogen and oxygen atoms in total. The molecule has 1 fully saturated rings. The van der Waals surface area contributed by atoms with Crippen molar-refractivity contribution in [2.45, 2.75) is 24.6 Å². The Balaban J connectivity index is 0.00000176. The number of hydrogen-bond acceptors (Lipinski definition) is 5. The Morgan fingerprint density at radius 3 is 3.14 bits per heavy atom. The van der Waals surface area contributed by atoms with Crippen LogP contribution in [0.5, 0.6) is 5.75 Å². The van der Waals surface area contributed by atoms with E-state index in [-0.39, 0.29) is 12.4 Å². The zero-order chi connectivity index (χ0) is 14.5. The molecule has 122 valence electrons. The molecular weight excluding hydrogens is 322 g/mol. The topological polar surface area (TPSA) is 59.2 Å². The predicted molar refractivity (Wildman–Crippen MR) is 92.5 cm³/mol. The molecule has 0 saturated carbocycles. The lowest BCUT2D eigenvalue weighted by atomic mass is 10.2. The third kappa shape index (κ3) is 4.52. The SMILES string of the molecule is CCOc1ccc2nc(SCCC3CNCCO3)[nH]c2c1.Cl. The van der Waals surface area contributed by atoms with Gasteiger partial charge in [0.1, 0.15) is 5.75 Å². The van der Waals surface area contributed by atoms with E-state index < -0.39 is 0 Å². The second-order valence-electron chi connectivity index (χ2n) is 4.99. The van der Waals surface area contributed by atoms with Crippen LogP contribution >= 0.6 is 24.2 Å². The zero-order valence-electron chi connectivity index (χ0n) is 12.6. The Labute approximate surface area is 141 Å². The number of rotatable bonds is 6. The minimum absolute atomic E-state index is 0. The van der Waals surface area contributed by atoms with E-state index in [0.717, 1.165) is 53.8 Å². The Kier molecular flexibility index (Phi) is 6.82. The number of ether oxygens (including phenoxy) is 2. The molecule has 0 bridgehead atoms. The average Bonchev–Trinajstić information content (AvgIpc) is 2.91. The molecule has 2 N–H and O–H groups in total. The molecule has 1 aliphatic heterocycles. The van der Waals surface area contributed by atoms with Crippen molar-refractivity contribution in [1.29, 1.82) is 0 Å². The number of fused-ring (bicyclic) bond motifs is 1. The van der Waals surface area contributed by atoms with Crippen molar-refractivity contribution in [1.82, 2.24) is 15.3 Å². The number of nitrogens with zero attached hydrogens (tertiary/aromatic N) is 1. The Hall–Kier alpha value is -0.950. The predicted octanol–water partition coefficient (Wildman–Crippen LogP) is 2.85. The van der Waals surface area contributed by atoms with Gasteiger partial charge in [0, 0.05) is 24.9 Å². The standard InChI is InChI=1S/C15H21N3O2S.ClH/c1-2-19-11-3-4-13-14(9-11)18-15(17-13)21-8-5-12-10-16-6-7-20-12;/h3-4,9,12,16H,2,5-8,10H2,1H3,(H,17,18);1H. The fraction of sp³-hybridized carbons (Fsp3) is 0.533. The van der Waals surface area contributed by atoms with Crippen LogP contribution in [0.1, 0.15) is 13.3 Å².